The first-order valence-corrected chi connectivity index (χ1v) is 7.40. The van der Waals surface area contributed by atoms with Crippen molar-refractivity contribution >= 4 is 23.2 Å². The van der Waals surface area contributed by atoms with Gasteiger partial charge >= 0.3 is 0 Å². The Balaban J connectivity index is 0.000000240. The van der Waals surface area contributed by atoms with Gasteiger partial charge in [-0.05, 0) is 38.1 Å². The summed E-state index contributed by atoms with van der Waals surface area (Å²) in [7, 11) is 0. The van der Waals surface area contributed by atoms with Crippen LogP contribution in [-0.4, -0.2) is 24.2 Å². The molecule has 0 saturated heterocycles. The molecule has 2 amide bonds. The lowest BCUT2D eigenvalue weighted by Crippen LogP contribution is -2.20. The summed E-state index contributed by atoms with van der Waals surface area (Å²) in [4.78, 5) is 21.7. The van der Waals surface area contributed by atoms with Crippen molar-refractivity contribution in [2.45, 2.75) is 26.2 Å². The van der Waals surface area contributed by atoms with Gasteiger partial charge in [0.1, 0.15) is 0 Å². The quantitative estimate of drug-likeness (QED) is 0.889. The summed E-state index contributed by atoms with van der Waals surface area (Å²) in [6, 6.07) is 17.6. The fraction of sp³-hybridized carbons (Fsp3) is 0.222. The number of halogens is 2. The highest BCUT2D eigenvalue weighted by molar-refractivity contribution is 5.94. The monoisotopic (exact) mass is 334 g/mol. The van der Waals surface area contributed by atoms with Crippen molar-refractivity contribution in [1.29, 1.82) is 0 Å². The summed E-state index contributed by atoms with van der Waals surface area (Å²) < 4.78 is 24.7. The predicted octanol–water partition coefficient (Wildman–Crippen LogP) is 3.97. The summed E-state index contributed by atoms with van der Waals surface area (Å²) in [6.45, 7) is 2.41. The van der Waals surface area contributed by atoms with Gasteiger partial charge in [-0.2, -0.15) is 0 Å². The molecule has 128 valence electrons. The molecule has 0 heterocycles. The van der Waals surface area contributed by atoms with E-state index in [-0.39, 0.29) is 0 Å². The highest BCUT2D eigenvalue weighted by Gasteiger charge is 2.10. The minimum absolute atomic E-state index is 0.610. The smallest absolute Gasteiger partial charge is 0.258 e. The van der Waals surface area contributed by atoms with Crippen LogP contribution >= 0.6 is 0 Å². The molecule has 0 unspecified atom stereocenters. The molecule has 2 aromatic rings. The van der Waals surface area contributed by atoms with Crippen molar-refractivity contribution in [3.63, 3.8) is 0 Å². The third kappa shape index (κ3) is 7.49. The predicted molar refractivity (Wildman–Crippen MR) is 91.3 cm³/mol. The third-order valence-electron chi connectivity index (χ3n) is 2.81. The van der Waals surface area contributed by atoms with E-state index in [1.54, 1.807) is 48.5 Å². The number of rotatable bonds is 4. The van der Waals surface area contributed by atoms with E-state index < -0.39 is 24.2 Å². The van der Waals surface area contributed by atoms with E-state index in [4.69, 9.17) is 0 Å². The molecule has 2 rings (SSSR count). The average Bonchev–Trinajstić information content (AvgIpc) is 2.57. The van der Waals surface area contributed by atoms with Crippen molar-refractivity contribution < 1.29 is 18.4 Å². The molecule has 0 fully saturated rings. The highest BCUT2D eigenvalue weighted by atomic mass is 19.1. The molecular formula is C18H20F2N2O2. The highest BCUT2D eigenvalue weighted by Crippen LogP contribution is 2.06. The van der Waals surface area contributed by atoms with Crippen LogP contribution in [0.2, 0.25) is 0 Å². The Bertz CT molecular complexity index is 574. The number of hydrogen-bond donors (Lipinski definition) is 2. The van der Waals surface area contributed by atoms with Gasteiger partial charge in [-0.1, -0.05) is 36.4 Å². The van der Waals surface area contributed by atoms with Crippen molar-refractivity contribution in [3.05, 3.63) is 60.7 Å². The van der Waals surface area contributed by atoms with E-state index in [9.17, 15) is 18.4 Å². The van der Waals surface area contributed by atoms with Crippen LogP contribution < -0.4 is 10.6 Å². The number of anilines is 2. The Morgan fingerprint density at radius 3 is 1.25 bits per heavy atom. The van der Waals surface area contributed by atoms with E-state index in [1.807, 2.05) is 12.1 Å². The van der Waals surface area contributed by atoms with Crippen molar-refractivity contribution in [2.24, 2.45) is 0 Å². The van der Waals surface area contributed by atoms with E-state index in [0.29, 0.717) is 11.4 Å². The van der Waals surface area contributed by atoms with Gasteiger partial charge in [0.15, 0.2) is 12.3 Å². The van der Waals surface area contributed by atoms with Crippen molar-refractivity contribution in [3.8, 4) is 0 Å². The molecule has 0 radical (unpaired) electrons. The van der Waals surface area contributed by atoms with Crippen LogP contribution in [0.3, 0.4) is 0 Å². The molecule has 6 heteroatoms. The standard InChI is InChI=1S/2C9H10FNO/c2*1-7(10)9(12)11-8-5-3-2-4-6-8/h2*2-7H,1H3,(H,11,12)/t2*7-/m00/s1. The Hall–Kier alpha value is -2.76. The van der Waals surface area contributed by atoms with Crippen molar-refractivity contribution in [2.75, 3.05) is 10.6 Å². The maximum absolute atomic E-state index is 12.4. The molecule has 0 bridgehead atoms. The molecule has 0 aliphatic rings. The normalized spacial score (nSPS) is 12.2. The minimum Gasteiger partial charge on any atom is -0.324 e. The summed E-state index contributed by atoms with van der Waals surface area (Å²) in [6.07, 6.45) is -2.93. The van der Waals surface area contributed by atoms with Gasteiger partial charge in [0.25, 0.3) is 11.8 Å². The maximum atomic E-state index is 12.4. The number of amides is 2. The molecule has 0 aliphatic carbocycles. The molecule has 0 aromatic heterocycles. The first-order chi connectivity index (χ1) is 11.4. The van der Waals surface area contributed by atoms with Gasteiger partial charge in [-0.15, -0.1) is 0 Å². The summed E-state index contributed by atoms with van der Waals surface area (Å²) in [5, 5.41) is 4.85. The van der Waals surface area contributed by atoms with Crippen LogP contribution in [0.5, 0.6) is 0 Å². The number of para-hydroxylation sites is 2. The SMILES string of the molecule is C[C@H](F)C(=O)Nc1ccccc1.C[C@H](F)C(=O)Nc1ccccc1. The van der Waals surface area contributed by atoms with E-state index in [0.717, 1.165) is 0 Å². The summed E-state index contributed by atoms with van der Waals surface area (Å²) in [5.41, 5.74) is 1.24. The lowest BCUT2D eigenvalue weighted by atomic mass is 10.3. The van der Waals surface area contributed by atoms with Gasteiger partial charge in [0.2, 0.25) is 0 Å². The molecule has 2 N–H and O–H groups in total. The second kappa shape index (κ2) is 10.1. The van der Waals surface area contributed by atoms with Gasteiger partial charge in [0.05, 0.1) is 0 Å². The Morgan fingerprint density at radius 1 is 0.708 bits per heavy atom. The van der Waals surface area contributed by atoms with Crippen LogP contribution in [-0.2, 0) is 9.59 Å². The zero-order chi connectivity index (χ0) is 17.9. The Kier molecular flexibility index (Phi) is 8.11. The van der Waals surface area contributed by atoms with Crippen LogP contribution in [0.25, 0.3) is 0 Å². The van der Waals surface area contributed by atoms with E-state index >= 15 is 0 Å². The zero-order valence-corrected chi connectivity index (χ0v) is 13.5. The maximum Gasteiger partial charge on any atom is 0.258 e. The van der Waals surface area contributed by atoms with Crippen molar-refractivity contribution in [1.82, 2.24) is 0 Å². The molecule has 2 atom stereocenters. The van der Waals surface area contributed by atoms with Gasteiger partial charge < -0.3 is 10.6 Å². The van der Waals surface area contributed by atoms with E-state index in [2.05, 4.69) is 10.6 Å². The Morgan fingerprint density at radius 2 is 1.00 bits per heavy atom. The summed E-state index contributed by atoms with van der Waals surface area (Å²) in [5.74, 6) is -1.22. The molecule has 0 saturated carbocycles. The number of nitrogens with one attached hydrogen (secondary N) is 2. The van der Waals surface area contributed by atoms with Gasteiger partial charge in [0, 0.05) is 11.4 Å². The molecule has 24 heavy (non-hydrogen) atoms. The fourth-order valence-electron chi connectivity index (χ4n) is 1.53. The van der Waals surface area contributed by atoms with Crippen LogP contribution in [0, 0.1) is 0 Å². The first-order valence-electron chi connectivity index (χ1n) is 7.40. The third-order valence-corrected chi connectivity index (χ3v) is 2.81. The number of carbonyl (C=O) groups excluding carboxylic acids is 2. The number of alkyl halides is 2. The lowest BCUT2D eigenvalue weighted by Gasteiger charge is -2.04. The largest absolute Gasteiger partial charge is 0.324 e. The van der Waals surface area contributed by atoms with E-state index in [1.165, 1.54) is 13.8 Å². The van der Waals surface area contributed by atoms with Gasteiger partial charge in [-0.3, -0.25) is 9.59 Å². The Labute approximate surface area is 139 Å². The summed E-state index contributed by atoms with van der Waals surface area (Å²) >= 11 is 0. The second-order valence-electron chi connectivity index (χ2n) is 4.94. The molecular weight excluding hydrogens is 314 g/mol. The first kappa shape index (κ1) is 19.3. The molecule has 2 aromatic carbocycles. The topological polar surface area (TPSA) is 58.2 Å². The van der Waals surface area contributed by atoms with Crippen LogP contribution in [0.4, 0.5) is 20.2 Å². The van der Waals surface area contributed by atoms with Crippen LogP contribution in [0.1, 0.15) is 13.8 Å². The second-order valence-corrected chi connectivity index (χ2v) is 4.94. The number of hydrogen-bond acceptors (Lipinski definition) is 2. The lowest BCUT2D eigenvalue weighted by molar-refractivity contribution is -0.120. The number of carbonyl (C=O) groups is 2. The zero-order valence-electron chi connectivity index (χ0n) is 13.5. The van der Waals surface area contributed by atoms with Crippen LogP contribution in [0.15, 0.2) is 60.7 Å². The average molecular weight is 334 g/mol. The fourth-order valence-corrected chi connectivity index (χ4v) is 1.53. The molecule has 0 aliphatic heterocycles. The number of benzene rings is 2. The molecule has 0 spiro atoms. The van der Waals surface area contributed by atoms with Gasteiger partial charge in [-0.25, -0.2) is 8.78 Å². The minimum atomic E-state index is -1.47. The molecule has 4 nitrogen and oxygen atoms in total.